The zero-order chi connectivity index (χ0) is 14.6. The lowest BCUT2D eigenvalue weighted by molar-refractivity contribution is -0.385. The van der Waals surface area contributed by atoms with Gasteiger partial charge in [0.15, 0.2) is 0 Å². The van der Waals surface area contributed by atoms with Crippen molar-refractivity contribution < 1.29 is 18.4 Å². The van der Waals surface area contributed by atoms with Gasteiger partial charge in [0.25, 0.3) is 12.1 Å². The monoisotopic (exact) mass is 274 g/mol. The van der Waals surface area contributed by atoms with Crippen LogP contribution in [-0.4, -0.2) is 17.1 Å². The number of ether oxygens (including phenoxy) is 1. The van der Waals surface area contributed by atoms with Gasteiger partial charge in [-0.05, 0) is 19.4 Å². The van der Waals surface area contributed by atoms with Gasteiger partial charge in [-0.15, -0.1) is 0 Å². The van der Waals surface area contributed by atoms with Gasteiger partial charge in [0.1, 0.15) is 12.4 Å². The highest BCUT2D eigenvalue weighted by atomic mass is 19.3. The van der Waals surface area contributed by atoms with Crippen LogP contribution in [0.4, 0.5) is 14.5 Å². The lowest BCUT2D eigenvalue weighted by Gasteiger charge is -2.23. The fraction of sp³-hybridized carbons (Fsp3) is 0.500. The second kappa shape index (κ2) is 5.92. The molecule has 0 amide bonds. The lowest BCUT2D eigenvalue weighted by Crippen LogP contribution is -2.41. The zero-order valence-electron chi connectivity index (χ0n) is 10.7. The minimum atomic E-state index is -2.85. The summed E-state index contributed by atoms with van der Waals surface area (Å²) in [6.07, 6.45) is -2.23. The first-order chi connectivity index (χ1) is 8.76. The van der Waals surface area contributed by atoms with Crippen molar-refractivity contribution in [1.29, 1.82) is 0 Å². The Balaban J connectivity index is 2.97. The average Bonchev–Trinajstić information content (AvgIpc) is 2.36. The molecule has 0 spiro atoms. The first-order valence-corrected chi connectivity index (χ1v) is 5.75. The predicted molar refractivity (Wildman–Crippen MR) is 66.4 cm³/mol. The largest absolute Gasteiger partial charge is 0.491 e. The third-order valence-electron chi connectivity index (χ3n) is 2.80. The highest BCUT2D eigenvalue weighted by Crippen LogP contribution is 2.32. The number of nitro groups is 1. The van der Waals surface area contributed by atoms with Crippen LogP contribution in [0.1, 0.15) is 32.3 Å². The Morgan fingerprint density at radius 2 is 2.16 bits per heavy atom. The van der Waals surface area contributed by atoms with E-state index in [1.54, 1.807) is 6.92 Å². The first-order valence-electron chi connectivity index (χ1n) is 5.75. The van der Waals surface area contributed by atoms with E-state index >= 15 is 0 Å². The highest BCUT2D eigenvalue weighted by molar-refractivity contribution is 5.44. The molecule has 106 valence electrons. The van der Waals surface area contributed by atoms with E-state index in [2.05, 4.69) is 0 Å². The van der Waals surface area contributed by atoms with E-state index in [0.717, 1.165) is 12.1 Å². The highest BCUT2D eigenvalue weighted by Gasteiger charge is 2.22. The number of nitro benzene ring substituents is 1. The third kappa shape index (κ3) is 4.13. The Bertz CT molecular complexity index is 464. The molecule has 0 bridgehead atoms. The van der Waals surface area contributed by atoms with Crippen LogP contribution in [0.25, 0.3) is 0 Å². The standard InChI is InChI=1S/C12H16F2N2O3/c1-3-12(2,15)7-19-10-5-4-8(16(17)18)6-9(10)11(13)14/h4-6,11H,3,7,15H2,1-2H3. The fourth-order valence-corrected chi connectivity index (χ4v) is 1.30. The molecule has 5 nitrogen and oxygen atoms in total. The van der Waals surface area contributed by atoms with Gasteiger partial charge in [0.05, 0.1) is 10.5 Å². The summed E-state index contributed by atoms with van der Waals surface area (Å²) < 4.78 is 30.9. The number of hydrogen-bond acceptors (Lipinski definition) is 4. The van der Waals surface area contributed by atoms with Gasteiger partial charge in [0.2, 0.25) is 0 Å². The molecule has 0 heterocycles. The number of nitrogens with two attached hydrogens (primary N) is 1. The van der Waals surface area contributed by atoms with Crippen molar-refractivity contribution in [2.75, 3.05) is 6.61 Å². The van der Waals surface area contributed by atoms with E-state index in [4.69, 9.17) is 10.5 Å². The van der Waals surface area contributed by atoms with Gasteiger partial charge in [-0.2, -0.15) is 0 Å². The number of benzene rings is 1. The maximum absolute atomic E-state index is 12.8. The summed E-state index contributed by atoms with van der Waals surface area (Å²) in [5.74, 6) is -0.0780. The van der Waals surface area contributed by atoms with E-state index in [1.165, 1.54) is 6.07 Å². The number of rotatable bonds is 6. The number of hydrogen-bond donors (Lipinski definition) is 1. The summed E-state index contributed by atoms with van der Waals surface area (Å²) in [4.78, 5) is 9.82. The third-order valence-corrected chi connectivity index (χ3v) is 2.80. The first kappa shape index (κ1) is 15.3. The topological polar surface area (TPSA) is 78.4 Å². The Hall–Kier alpha value is -1.76. The van der Waals surface area contributed by atoms with Crippen molar-refractivity contribution in [2.45, 2.75) is 32.2 Å². The van der Waals surface area contributed by atoms with Gasteiger partial charge < -0.3 is 10.5 Å². The summed E-state index contributed by atoms with van der Waals surface area (Å²) in [6.45, 7) is 3.65. The summed E-state index contributed by atoms with van der Waals surface area (Å²) >= 11 is 0. The molecule has 0 aliphatic carbocycles. The molecule has 7 heteroatoms. The Morgan fingerprint density at radius 3 is 2.63 bits per heavy atom. The van der Waals surface area contributed by atoms with Crippen LogP contribution in [0.15, 0.2) is 18.2 Å². The number of alkyl halides is 2. The van der Waals surface area contributed by atoms with Crippen LogP contribution < -0.4 is 10.5 Å². The Morgan fingerprint density at radius 1 is 1.53 bits per heavy atom. The molecule has 0 fully saturated rings. The molecule has 2 N–H and O–H groups in total. The van der Waals surface area contributed by atoms with Gasteiger partial charge in [-0.25, -0.2) is 8.78 Å². The molecule has 1 atom stereocenters. The quantitative estimate of drug-likeness (QED) is 0.638. The molecule has 1 rings (SSSR count). The van der Waals surface area contributed by atoms with Crippen molar-refractivity contribution in [3.63, 3.8) is 0 Å². The van der Waals surface area contributed by atoms with E-state index < -0.39 is 28.1 Å². The van der Waals surface area contributed by atoms with Crippen molar-refractivity contribution in [3.8, 4) is 5.75 Å². The molecule has 0 saturated carbocycles. The molecule has 1 unspecified atom stereocenters. The van der Waals surface area contributed by atoms with Crippen molar-refractivity contribution in [1.82, 2.24) is 0 Å². The predicted octanol–water partition coefficient (Wildman–Crippen LogP) is 3.04. The van der Waals surface area contributed by atoms with Crippen molar-refractivity contribution >= 4 is 5.69 Å². The smallest absolute Gasteiger partial charge is 0.270 e. The molecule has 0 saturated heterocycles. The van der Waals surface area contributed by atoms with E-state index in [0.29, 0.717) is 6.42 Å². The van der Waals surface area contributed by atoms with Crippen molar-refractivity contribution in [2.24, 2.45) is 5.73 Å². The van der Waals surface area contributed by atoms with Crippen LogP contribution in [0.3, 0.4) is 0 Å². The molecule has 1 aromatic carbocycles. The second-order valence-electron chi connectivity index (χ2n) is 4.58. The van der Waals surface area contributed by atoms with Crippen LogP contribution in [-0.2, 0) is 0 Å². The zero-order valence-corrected chi connectivity index (χ0v) is 10.7. The average molecular weight is 274 g/mol. The molecule has 0 radical (unpaired) electrons. The molecule has 0 aromatic heterocycles. The Labute approximate surface area is 109 Å². The Kier molecular flexibility index (Phi) is 4.77. The SMILES string of the molecule is CCC(C)(N)COc1ccc([N+](=O)[O-])cc1C(F)F. The summed E-state index contributed by atoms with van der Waals surface area (Å²) in [5.41, 5.74) is 4.32. The lowest BCUT2D eigenvalue weighted by atomic mass is 10.0. The van der Waals surface area contributed by atoms with E-state index in [1.807, 2.05) is 6.92 Å². The van der Waals surface area contributed by atoms with Gasteiger partial charge in [-0.1, -0.05) is 6.92 Å². The van der Waals surface area contributed by atoms with Gasteiger partial charge in [-0.3, -0.25) is 10.1 Å². The summed E-state index contributed by atoms with van der Waals surface area (Å²) in [5, 5.41) is 10.6. The number of nitrogens with zero attached hydrogens (tertiary/aromatic N) is 1. The second-order valence-corrected chi connectivity index (χ2v) is 4.58. The van der Waals surface area contributed by atoms with E-state index in [9.17, 15) is 18.9 Å². The maximum atomic E-state index is 12.8. The molecular formula is C12H16F2N2O3. The van der Waals surface area contributed by atoms with Crippen LogP contribution >= 0.6 is 0 Å². The normalized spacial score (nSPS) is 14.2. The van der Waals surface area contributed by atoms with E-state index in [-0.39, 0.29) is 12.4 Å². The van der Waals surface area contributed by atoms with Crippen molar-refractivity contribution in [3.05, 3.63) is 33.9 Å². The maximum Gasteiger partial charge on any atom is 0.270 e. The number of non-ortho nitro benzene ring substituents is 1. The molecule has 19 heavy (non-hydrogen) atoms. The van der Waals surface area contributed by atoms with Crippen LogP contribution in [0.5, 0.6) is 5.75 Å². The minimum absolute atomic E-state index is 0.0566. The number of halogens is 2. The fourth-order valence-electron chi connectivity index (χ4n) is 1.30. The molecule has 1 aromatic rings. The van der Waals surface area contributed by atoms with Crippen LogP contribution in [0.2, 0.25) is 0 Å². The van der Waals surface area contributed by atoms with Crippen LogP contribution in [0, 0.1) is 10.1 Å². The molecule has 0 aliphatic heterocycles. The summed E-state index contributed by atoms with van der Waals surface area (Å²) in [6, 6.07) is 3.12. The molecule has 0 aliphatic rings. The van der Waals surface area contributed by atoms with Gasteiger partial charge >= 0.3 is 0 Å². The summed E-state index contributed by atoms with van der Waals surface area (Å²) in [7, 11) is 0. The van der Waals surface area contributed by atoms with Gasteiger partial charge in [0, 0.05) is 17.7 Å². The minimum Gasteiger partial charge on any atom is -0.491 e. The molecular weight excluding hydrogens is 258 g/mol.